The third-order valence-corrected chi connectivity index (χ3v) is 1.91. The van der Waals surface area contributed by atoms with Gasteiger partial charge in [-0.05, 0) is 6.92 Å². The standard InChI is InChI=1S/C5H12O3Si/c1-4(8-9)6-2-5-3-7-5/h4-5H,2-3H2,1,9H3. The first-order chi connectivity index (χ1) is 4.33. The second-order valence-electron chi connectivity index (χ2n) is 2.09. The van der Waals surface area contributed by atoms with Gasteiger partial charge >= 0.3 is 0 Å². The molecule has 0 saturated carbocycles. The Morgan fingerprint density at radius 1 is 1.89 bits per heavy atom. The molecule has 2 atom stereocenters. The molecule has 1 saturated heterocycles. The predicted molar refractivity (Wildman–Crippen MR) is 36.2 cm³/mol. The maximum absolute atomic E-state index is 5.20. The van der Waals surface area contributed by atoms with Crippen LogP contribution in [0, 0.1) is 0 Å². The highest BCUT2D eigenvalue weighted by Crippen LogP contribution is 2.09. The van der Waals surface area contributed by atoms with Crippen molar-refractivity contribution in [1.29, 1.82) is 0 Å². The van der Waals surface area contributed by atoms with Crippen molar-refractivity contribution >= 4 is 10.5 Å². The molecule has 54 valence electrons. The minimum atomic E-state index is -0.0409. The molecule has 0 aromatic carbocycles. The summed E-state index contributed by atoms with van der Waals surface area (Å²) in [5.74, 6) is 0. The summed E-state index contributed by atoms with van der Waals surface area (Å²) in [7, 11) is 0.737. The van der Waals surface area contributed by atoms with Crippen molar-refractivity contribution in [3.8, 4) is 0 Å². The predicted octanol–water partition coefficient (Wildman–Crippen LogP) is -0.955. The smallest absolute Gasteiger partial charge is 0.149 e. The maximum atomic E-state index is 5.20. The van der Waals surface area contributed by atoms with Crippen LogP contribution in [0.5, 0.6) is 0 Å². The molecular weight excluding hydrogens is 136 g/mol. The quantitative estimate of drug-likeness (QED) is 0.292. The van der Waals surface area contributed by atoms with Crippen LogP contribution in [0.4, 0.5) is 0 Å². The molecular formula is C5H12O3Si. The van der Waals surface area contributed by atoms with Crippen LogP contribution >= 0.6 is 0 Å². The van der Waals surface area contributed by atoms with Gasteiger partial charge in [0.25, 0.3) is 0 Å². The summed E-state index contributed by atoms with van der Waals surface area (Å²) in [6, 6.07) is 0. The molecule has 0 bridgehead atoms. The Kier molecular flexibility index (Phi) is 2.65. The summed E-state index contributed by atoms with van der Waals surface area (Å²) in [6.45, 7) is 3.44. The summed E-state index contributed by atoms with van der Waals surface area (Å²) < 4.78 is 15.1. The summed E-state index contributed by atoms with van der Waals surface area (Å²) >= 11 is 0. The fourth-order valence-corrected chi connectivity index (χ4v) is 0.611. The zero-order valence-corrected chi connectivity index (χ0v) is 7.79. The Bertz CT molecular complexity index is 84.3. The third kappa shape index (κ3) is 2.95. The zero-order valence-electron chi connectivity index (χ0n) is 5.79. The number of hydrogen-bond acceptors (Lipinski definition) is 3. The van der Waals surface area contributed by atoms with Gasteiger partial charge in [-0.15, -0.1) is 0 Å². The van der Waals surface area contributed by atoms with Crippen molar-refractivity contribution in [2.24, 2.45) is 0 Å². The first kappa shape index (κ1) is 7.21. The van der Waals surface area contributed by atoms with Crippen LogP contribution in [0.1, 0.15) is 6.92 Å². The van der Waals surface area contributed by atoms with Crippen LogP contribution in [-0.2, 0) is 13.9 Å². The first-order valence-electron chi connectivity index (χ1n) is 3.09. The number of ether oxygens (including phenoxy) is 2. The number of rotatable bonds is 4. The van der Waals surface area contributed by atoms with E-state index in [9.17, 15) is 0 Å². The third-order valence-electron chi connectivity index (χ3n) is 1.25. The molecule has 0 N–H and O–H groups in total. The highest BCUT2D eigenvalue weighted by molar-refractivity contribution is 5.98. The summed E-state index contributed by atoms with van der Waals surface area (Å²) in [4.78, 5) is 0. The van der Waals surface area contributed by atoms with Gasteiger partial charge in [0.2, 0.25) is 0 Å². The van der Waals surface area contributed by atoms with Crippen LogP contribution in [0.15, 0.2) is 0 Å². The molecule has 4 heteroatoms. The zero-order chi connectivity index (χ0) is 6.69. The Balaban J connectivity index is 1.90. The van der Waals surface area contributed by atoms with Crippen molar-refractivity contribution in [2.75, 3.05) is 13.2 Å². The highest BCUT2D eigenvalue weighted by atomic mass is 28.2. The minimum absolute atomic E-state index is 0.0409. The second-order valence-corrected chi connectivity index (χ2v) is 2.56. The van der Waals surface area contributed by atoms with Gasteiger partial charge in [0.1, 0.15) is 22.9 Å². The van der Waals surface area contributed by atoms with Gasteiger partial charge in [0.05, 0.1) is 13.2 Å². The molecule has 0 radical (unpaired) electrons. The number of epoxide rings is 1. The van der Waals surface area contributed by atoms with E-state index in [-0.39, 0.29) is 6.29 Å². The van der Waals surface area contributed by atoms with E-state index in [1.165, 1.54) is 0 Å². The van der Waals surface area contributed by atoms with Crippen LogP contribution < -0.4 is 0 Å². The molecule has 0 aromatic rings. The van der Waals surface area contributed by atoms with E-state index in [4.69, 9.17) is 13.9 Å². The molecule has 9 heavy (non-hydrogen) atoms. The van der Waals surface area contributed by atoms with Gasteiger partial charge in [-0.2, -0.15) is 0 Å². The lowest BCUT2D eigenvalue weighted by atomic mass is 10.5. The Labute approximate surface area is 57.8 Å². The minimum Gasteiger partial charge on any atom is -0.404 e. The Morgan fingerprint density at radius 2 is 2.56 bits per heavy atom. The normalized spacial score (nSPS) is 28.3. The Hall–Kier alpha value is 0.0969. The SMILES string of the molecule is CC(O[SiH3])OCC1CO1. The van der Waals surface area contributed by atoms with Crippen LogP contribution in [0.3, 0.4) is 0 Å². The molecule has 0 aliphatic carbocycles. The molecule has 1 aliphatic rings. The summed E-state index contributed by atoms with van der Waals surface area (Å²) in [5.41, 5.74) is 0. The molecule has 1 rings (SSSR count). The second kappa shape index (κ2) is 3.31. The molecule has 0 amide bonds. The molecule has 1 aliphatic heterocycles. The van der Waals surface area contributed by atoms with E-state index in [1.54, 1.807) is 0 Å². The van der Waals surface area contributed by atoms with Gasteiger partial charge < -0.3 is 13.9 Å². The lowest BCUT2D eigenvalue weighted by molar-refractivity contribution is -0.0672. The van der Waals surface area contributed by atoms with Gasteiger partial charge in [-0.3, -0.25) is 0 Å². The van der Waals surface area contributed by atoms with Crippen molar-refractivity contribution in [3.05, 3.63) is 0 Å². The van der Waals surface area contributed by atoms with Crippen LogP contribution in [0.25, 0.3) is 0 Å². The van der Waals surface area contributed by atoms with E-state index >= 15 is 0 Å². The van der Waals surface area contributed by atoms with E-state index in [2.05, 4.69) is 0 Å². The van der Waals surface area contributed by atoms with E-state index in [1.807, 2.05) is 6.92 Å². The first-order valence-corrected chi connectivity index (χ1v) is 3.90. The Morgan fingerprint density at radius 3 is 3.00 bits per heavy atom. The van der Waals surface area contributed by atoms with Gasteiger partial charge in [0, 0.05) is 0 Å². The average Bonchev–Trinajstić information content (AvgIpc) is 2.65. The van der Waals surface area contributed by atoms with Gasteiger partial charge in [0.15, 0.2) is 0 Å². The van der Waals surface area contributed by atoms with E-state index in [0.29, 0.717) is 12.7 Å². The van der Waals surface area contributed by atoms with Crippen molar-refractivity contribution in [1.82, 2.24) is 0 Å². The molecule has 1 heterocycles. The molecule has 0 spiro atoms. The molecule has 1 fully saturated rings. The fraction of sp³-hybridized carbons (Fsp3) is 1.00. The summed E-state index contributed by atoms with van der Waals surface area (Å²) in [5, 5.41) is 0. The monoisotopic (exact) mass is 148 g/mol. The average molecular weight is 148 g/mol. The van der Waals surface area contributed by atoms with Crippen molar-refractivity contribution < 1.29 is 13.9 Å². The highest BCUT2D eigenvalue weighted by Gasteiger charge is 2.22. The lowest BCUT2D eigenvalue weighted by Crippen LogP contribution is -2.14. The topological polar surface area (TPSA) is 31.0 Å². The number of hydrogen-bond donors (Lipinski definition) is 0. The van der Waals surface area contributed by atoms with Gasteiger partial charge in [-0.25, -0.2) is 0 Å². The summed E-state index contributed by atoms with van der Waals surface area (Å²) in [6.07, 6.45) is 0.310. The molecule has 0 aromatic heterocycles. The molecule has 3 nitrogen and oxygen atoms in total. The maximum Gasteiger partial charge on any atom is 0.149 e. The lowest BCUT2D eigenvalue weighted by Gasteiger charge is -2.09. The van der Waals surface area contributed by atoms with Crippen molar-refractivity contribution in [3.63, 3.8) is 0 Å². The molecule has 2 unspecified atom stereocenters. The fourth-order valence-electron chi connectivity index (χ4n) is 0.475. The largest absolute Gasteiger partial charge is 0.404 e. The van der Waals surface area contributed by atoms with Crippen molar-refractivity contribution in [2.45, 2.75) is 19.3 Å². The van der Waals surface area contributed by atoms with Crippen LogP contribution in [0.2, 0.25) is 0 Å². The van der Waals surface area contributed by atoms with Crippen LogP contribution in [-0.4, -0.2) is 36.1 Å². The van der Waals surface area contributed by atoms with E-state index < -0.39 is 0 Å². The van der Waals surface area contributed by atoms with E-state index in [0.717, 1.165) is 17.1 Å². The van der Waals surface area contributed by atoms with Gasteiger partial charge in [-0.1, -0.05) is 0 Å².